The van der Waals surface area contributed by atoms with Crippen LogP contribution in [-0.2, 0) is 28.6 Å². The number of hydrogen-bond donors (Lipinski definition) is 0. The second-order valence-corrected chi connectivity index (χ2v) is 18.5. The highest BCUT2D eigenvalue weighted by atomic mass is 16.6. The molecular formula is C62H104O6. The van der Waals surface area contributed by atoms with Crippen LogP contribution in [0.2, 0.25) is 0 Å². The highest BCUT2D eigenvalue weighted by Gasteiger charge is 2.19. The zero-order valence-electron chi connectivity index (χ0n) is 44.3. The van der Waals surface area contributed by atoms with E-state index < -0.39 is 6.10 Å². The van der Waals surface area contributed by atoms with Crippen LogP contribution >= 0.6 is 0 Å². The predicted molar refractivity (Wildman–Crippen MR) is 293 cm³/mol. The van der Waals surface area contributed by atoms with E-state index in [2.05, 4.69) is 118 Å². The molecule has 0 saturated carbocycles. The molecule has 0 fully saturated rings. The largest absolute Gasteiger partial charge is 0.462 e. The van der Waals surface area contributed by atoms with Crippen LogP contribution in [-0.4, -0.2) is 37.2 Å². The first-order valence-electron chi connectivity index (χ1n) is 28.2. The normalized spacial score (nSPS) is 12.8. The van der Waals surface area contributed by atoms with E-state index in [-0.39, 0.29) is 31.1 Å². The highest BCUT2D eigenvalue weighted by Crippen LogP contribution is 2.14. The Morgan fingerprint density at radius 1 is 0.309 bits per heavy atom. The third-order valence-electron chi connectivity index (χ3n) is 11.8. The molecule has 0 unspecified atom stereocenters. The number of carbonyl (C=O) groups excluding carboxylic acids is 3. The van der Waals surface area contributed by atoms with Crippen molar-refractivity contribution in [2.24, 2.45) is 0 Å². The number of esters is 3. The number of carbonyl (C=O) groups is 3. The zero-order chi connectivity index (χ0) is 49.3. The second-order valence-electron chi connectivity index (χ2n) is 18.5. The molecule has 0 rings (SSSR count). The van der Waals surface area contributed by atoms with Gasteiger partial charge in [0.05, 0.1) is 0 Å². The van der Waals surface area contributed by atoms with Gasteiger partial charge in [-0.25, -0.2) is 0 Å². The van der Waals surface area contributed by atoms with Gasteiger partial charge in [0.2, 0.25) is 0 Å². The second kappa shape index (κ2) is 55.9. The first-order chi connectivity index (χ1) is 33.5. The summed E-state index contributed by atoms with van der Waals surface area (Å²) in [6.45, 7) is 6.45. The Labute approximate surface area is 419 Å². The highest BCUT2D eigenvalue weighted by molar-refractivity contribution is 5.71. The SMILES string of the molecule is CC/C=C\C/C=C\C/C=C\CCCCCCCC(=O)OC[C@H](COC(=O)CCCCC/C=C\C/C=C\C/C=C\C/C=C\CCCCC)OC(=O)CCCCCCC/C=C\CCCCCCCCC. The summed E-state index contributed by atoms with van der Waals surface area (Å²) in [4.78, 5) is 38.1. The fourth-order valence-electron chi connectivity index (χ4n) is 7.55. The lowest BCUT2D eigenvalue weighted by molar-refractivity contribution is -0.167. The van der Waals surface area contributed by atoms with E-state index in [1.165, 1.54) is 83.5 Å². The summed E-state index contributed by atoms with van der Waals surface area (Å²) < 4.78 is 16.8. The molecule has 0 saturated heterocycles. The average molecular weight is 946 g/mol. The molecule has 1 atom stereocenters. The Bertz CT molecular complexity index is 1360. The Kier molecular flexibility index (Phi) is 52.9. The van der Waals surface area contributed by atoms with E-state index in [4.69, 9.17) is 14.2 Å². The van der Waals surface area contributed by atoms with Gasteiger partial charge in [0.25, 0.3) is 0 Å². The summed E-state index contributed by atoms with van der Waals surface area (Å²) in [6, 6.07) is 0. The van der Waals surface area contributed by atoms with Crippen LogP contribution < -0.4 is 0 Å². The maximum atomic E-state index is 12.8. The maximum Gasteiger partial charge on any atom is 0.306 e. The number of unbranched alkanes of at least 4 members (excludes halogenated alkanes) is 23. The minimum absolute atomic E-state index is 0.101. The van der Waals surface area contributed by atoms with Gasteiger partial charge in [-0.2, -0.15) is 0 Å². The number of allylic oxidation sites excluding steroid dienone is 16. The first-order valence-corrected chi connectivity index (χ1v) is 28.2. The minimum Gasteiger partial charge on any atom is -0.462 e. The van der Waals surface area contributed by atoms with Crippen molar-refractivity contribution in [1.29, 1.82) is 0 Å². The third kappa shape index (κ3) is 53.3. The van der Waals surface area contributed by atoms with Gasteiger partial charge in [-0.05, 0) is 122 Å². The molecule has 6 nitrogen and oxygen atoms in total. The van der Waals surface area contributed by atoms with Crippen molar-refractivity contribution in [3.05, 3.63) is 97.2 Å². The predicted octanol–water partition coefficient (Wildman–Crippen LogP) is 18.9. The van der Waals surface area contributed by atoms with E-state index in [1.807, 2.05) is 0 Å². The molecule has 0 aliphatic heterocycles. The molecule has 0 bridgehead atoms. The molecule has 0 N–H and O–H groups in total. The Morgan fingerprint density at radius 2 is 0.574 bits per heavy atom. The number of ether oxygens (including phenoxy) is 3. The van der Waals surface area contributed by atoms with Gasteiger partial charge in [0.15, 0.2) is 6.10 Å². The molecule has 0 radical (unpaired) electrons. The lowest BCUT2D eigenvalue weighted by atomic mass is 10.1. The van der Waals surface area contributed by atoms with Crippen molar-refractivity contribution in [1.82, 2.24) is 0 Å². The fraction of sp³-hybridized carbons (Fsp3) is 0.694. The van der Waals surface area contributed by atoms with E-state index in [0.29, 0.717) is 19.3 Å². The molecule has 388 valence electrons. The van der Waals surface area contributed by atoms with Crippen molar-refractivity contribution in [2.75, 3.05) is 13.2 Å². The molecule has 0 aromatic rings. The molecule has 0 spiro atoms. The number of hydrogen-bond acceptors (Lipinski definition) is 6. The quantitative estimate of drug-likeness (QED) is 0.0262. The summed E-state index contributed by atoms with van der Waals surface area (Å²) in [7, 11) is 0. The van der Waals surface area contributed by atoms with Gasteiger partial charge in [-0.15, -0.1) is 0 Å². The molecule has 0 amide bonds. The molecule has 0 heterocycles. The van der Waals surface area contributed by atoms with Crippen molar-refractivity contribution in [2.45, 2.75) is 264 Å². The molecule has 0 aliphatic carbocycles. The molecular weight excluding hydrogens is 841 g/mol. The molecule has 6 heteroatoms. The lowest BCUT2D eigenvalue weighted by Crippen LogP contribution is -2.30. The maximum absolute atomic E-state index is 12.8. The fourth-order valence-corrected chi connectivity index (χ4v) is 7.55. The van der Waals surface area contributed by atoms with Crippen LogP contribution in [0.15, 0.2) is 97.2 Å². The monoisotopic (exact) mass is 945 g/mol. The van der Waals surface area contributed by atoms with E-state index in [1.54, 1.807) is 0 Å². The zero-order valence-corrected chi connectivity index (χ0v) is 44.3. The van der Waals surface area contributed by atoms with Gasteiger partial charge in [-0.1, -0.05) is 214 Å². The van der Waals surface area contributed by atoms with E-state index >= 15 is 0 Å². The van der Waals surface area contributed by atoms with Gasteiger partial charge in [0.1, 0.15) is 13.2 Å². The third-order valence-corrected chi connectivity index (χ3v) is 11.8. The van der Waals surface area contributed by atoms with Crippen molar-refractivity contribution >= 4 is 17.9 Å². The number of rotatable bonds is 50. The standard InChI is InChI=1S/C62H104O6/c1-4-7-10-13-16-19-22-25-28-30-31-32-35-37-40-43-46-49-52-55-61(64)67-58-59(57-66-60(63)54-51-48-45-42-39-36-33-27-24-21-18-15-12-9-6-3)68-62(65)56-53-50-47-44-41-38-34-29-26-23-20-17-14-11-8-5-2/h9,12,16,18-19,21,25,27-29,31-34,37,40,59H,4-8,10-11,13-15,17,20,22-24,26,30,35-36,38-39,41-58H2,1-3H3/b12-9-,19-16-,21-18-,28-25-,32-31-,33-27-,34-29-,40-37-/t59-/m1/s1. The van der Waals surface area contributed by atoms with E-state index in [9.17, 15) is 14.4 Å². The minimum atomic E-state index is -0.804. The smallest absolute Gasteiger partial charge is 0.306 e. The summed E-state index contributed by atoms with van der Waals surface area (Å²) in [5.74, 6) is -0.954. The van der Waals surface area contributed by atoms with Gasteiger partial charge in [0, 0.05) is 19.3 Å². The topological polar surface area (TPSA) is 78.9 Å². The molecule has 0 aromatic carbocycles. The molecule has 0 aromatic heterocycles. The van der Waals surface area contributed by atoms with Gasteiger partial charge < -0.3 is 14.2 Å². The van der Waals surface area contributed by atoms with Gasteiger partial charge >= 0.3 is 17.9 Å². The Morgan fingerprint density at radius 3 is 0.956 bits per heavy atom. The van der Waals surface area contributed by atoms with E-state index in [0.717, 1.165) is 135 Å². The van der Waals surface area contributed by atoms with Gasteiger partial charge in [-0.3, -0.25) is 14.4 Å². The van der Waals surface area contributed by atoms with Crippen molar-refractivity contribution in [3.63, 3.8) is 0 Å². The summed E-state index contributed by atoms with van der Waals surface area (Å²) in [5.41, 5.74) is 0. The average Bonchev–Trinajstić information content (AvgIpc) is 3.34. The molecule has 0 aliphatic rings. The van der Waals surface area contributed by atoms with Crippen LogP contribution in [0.3, 0.4) is 0 Å². The summed E-state index contributed by atoms with van der Waals surface area (Å²) in [6.07, 6.45) is 73.9. The van der Waals surface area contributed by atoms with Crippen LogP contribution in [0, 0.1) is 0 Å². The lowest BCUT2D eigenvalue weighted by Gasteiger charge is -2.18. The van der Waals surface area contributed by atoms with Crippen LogP contribution in [0.25, 0.3) is 0 Å². The van der Waals surface area contributed by atoms with Crippen molar-refractivity contribution in [3.8, 4) is 0 Å². The Balaban J connectivity index is 4.49. The molecule has 68 heavy (non-hydrogen) atoms. The summed E-state index contributed by atoms with van der Waals surface area (Å²) in [5, 5.41) is 0. The summed E-state index contributed by atoms with van der Waals surface area (Å²) >= 11 is 0. The van der Waals surface area contributed by atoms with Crippen LogP contribution in [0.1, 0.15) is 258 Å². The van der Waals surface area contributed by atoms with Crippen LogP contribution in [0.5, 0.6) is 0 Å². The Hall–Kier alpha value is -3.67. The van der Waals surface area contributed by atoms with Crippen molar-refractivity contribution < 1.29 is 28.6 Å². The first kappa shape index (κ1) is 64.3. The van der Waals surface area contributed by atoms with Crippen LogP contribution in [0.4, 0.5) is 0 Å².